The molecule has 0 unspecified atom stereocenters. The van der Waals surface area contributed by atoms with Gasteiger partial charge >= 0.3 is 0 Å². The van der Waals surface area contributed by atoms with Gasteiger partial charge in [0.1, 0.15) is 5.75 Å². The number of para-hydroxylation sites is 1. The van der Waals surface area contributed by atoms with E-state index in [0.717, 1.165) is 17.9 Å². The molecule has 1 aromatic carbocycles. The Morgan fingerprint density at radius 2 is 1.85 bits per heavy atom. The van der Waals surface area contributed by atoms with Crippen LogP contribution >= 0.6 is 0 Å². The van der Waals surface area contributed by atoms with E-state index < -0.39 is 7.43 Å². The van der Waals surface area contributed by atoms with Gasteiger partial charge in [0.2, 0.25) is 0 Å². The zero-order chi connectivity index (χ0) is 9.73. The smallest absolute Gasteiger partial charge is 0.137 e. The van der Waals surface area contributed by atoms with E-state index in [2.05, 4.69) is 6.92 Å². The van der Waals surface area contributed by atoms with Crippen LogP contribution in [0.4, 0.5) is 0 Å². The quantitative estimate of drug-likeness (QED) is 0.789. The molecule has 0 radical (unpaired) electrons. The molecule has 0 heterocycles. The highest BCUT2D eigenvalue weighted by atomic mass is 33.1. The van der Waals surface area contributed by atoms with Crippen LogP contribution in [0.3, 0.4) is 0 Å². The molecule has 1 aromatic rings. The third kappa shape index (κ3) is 4.02. The van der Waals surface area contributed by atoms with E-state index >= 15 is 0 Å². The fourth-order valence-electron chi connectivity index (χ4n) is 0.914. The maximum absolute atomic E-state index is 5.56. The average molecular weight is 232 g/mol. The molecule has 0 aliphatic carbocycles. The van der Waals surface area contributed by atoms with Crippen molar-refractivity contribution in [2.24, 2.45) is 0 Å². The van der Waals surface area contributed by atoms with Gasteiger partial charge < -0.3 is 4.18 Å². The van der Waals surface area contributed by atoms with E-state index in [9.17, 15) is 0 Å². The van der Waals surface area contributed by atoms with Crippen LogP contribution < -0.4 is 4.18 Å². The first kappa shape index (κ1) is 10.9. The van der Waals surface area contributed by atoms with Crippen molar-refractivity contribution in [1.82, 2.24) is 0 Å². The van der Waals surface area contributed by atoms with Crippen molar-refractivity contribution >= 4 is 29.8 Å². The Bertz CT molecular complexity index is 342. The van der Waals surface area contributed by atoms with Gasteiger partial charge in [-0.2, -0.15) is 0 Å². The maximum atomic E-state index is 5.56. The van der Waals surface area contributed by atoms with Gasteiger partial charge in [-0.3, -0.25) is 0 Å². The minimum Gasteiger partial charge on any atom is -0.422 e. The second-order valence-electron chi connectivity index (χ2n) is 2.66. The van der Waals surface area contributed by atoms with E-state index in [4.69, 9.17) is 26.6 Å². The van der Waals surface area contributed by atoms with Gasteiger partial charge in [0, 0.05) is 5.75 Å². The van der Waals surface area contributed by atoms with Gasteiger partial charge in [-0.15, -0.1) is 0 Å². The first-order chi connectivity index (χ1) is 6.14. The topological polar surface area (TPSA) is 9.23 Å². The molecule has 1 rings (SSSR count). The van der Waals surface area contributed by atoms with Crippen molar-refractivity contribution in [2.45, 2.75) is 13.3 Å². The van der Waals surface area contributed by atoms with Crippen LogP contribution in [0.15, 0.2) is 30.3 Å². The van der Waals surface area contributed by atoms with Gasteiger partial charge in [0.05, 0.1) is 7.43 Å². The Kier molecular flexibility index (Phi) is 4.09. The third-order valence-electron chi connectivity index (χ3n) is 1.42. The first-order valence-corrected chi connectivity index (χ1v) is 7.69. The monoisotopic (exact) mass is 232 g/mol. The molecule has 13 heavy (non-hydrogen) atoms. The summed E-state index contributed by atoms with van der Waals surface area (Å²) in [5, 5.41) is 0. The summed E-state index contributed by atoms with van der Waals surface area (Å²) in [7, 11) is -1.72. The van der Waals surface area contributed by atoms with E-state index in [0.29, 0.717) is 0 Å². The van der Waals surface area contributed by atoms with Gasteiger partial charge in [-0.25, -0.2) is 0 Å². The molecule has 0 aliphatic rings. The second-order valence-corrected chi connectivity index (χ2v) is 8.21. The number of rotatable bonds is 4. The highest BCUT2D eigenvalue weighted by Gasteiger charge is 2.01. The number of hydrogen-bond acceptors (Lipinski definition) is 3. The minimum absolute atomic E-state index is 0.788. The first-order valence-electron chi connectivity index (χ1n) is 4.11. The van der Waals surface area contributed by atoms with Crippen LogP contribution in [0.25, 0.3) is 0 Å². The van der Waals surface area contributed by atoms with Gasteiger partial charge in [0.15, 0.2) is 0 Å². The lowest BCUT2D eigenvalue weighted by atomic mass is 10.3. The molecule has 4 heteroatoms. The van der Waals surface area contributed by atoms with Gasteiger partial charge in [-0.05, 0) is 40.9 Å². The third-order valence-corrected chi connectivity index (χ3v) is 4.18. The average Bonchev–Trinajstić information content (AvgIpc) is 2.04. The lowest BCUT2D eigenvalue weighted by molar-refractivity contribution is 0.636. The molecule has 0 aliphatic heterocycles. The Balaban J connectivity index is 2.70. The molecule has 0 N–H and O–H groups in total. The highest BCUT2D eigenvalue weighted by molar-refractivity contribution is 8.54. The molecule has 1 nitrogen and oxygen atoms in total. The Morgan fingerprint density at radius 1 is 1.23 bits per heavy atom. The number of hydrogen-bond donors (Lipinski definition) is 0. The second kappa shape index (κ2) is 4.88. The normalized spacial score (nSPS) is 11.2. The van der Waals surface area contributed by atoms with Crippen molar-refractivity contribution in [2.75, 3.05) is 5.75 Å². The SMILES string of the molecule is CCCS(=S)(=S)Oc1ccccc1. The molecule has 0 bridgehead atoms. The van der Waals surface area contributed by atoms with E-state index in [-0.39, 0.29) is 0 Å². The van der Waals surface area contributed by atoms with E-state index in [1.165, 1.54) is 0 Å². The molecular formula is C9H12OS3. The zero-order valence-electron chi connectivity index (χ0n) is 7.43. The lowest BCUT2D eigenvalue weighted by Crippen LogP contribution is -2.09. The van der Waals surface area contributed by atoms with Crippen molar-refractivity contribution in [3.05, 3.63) is 30.3 Å². The zero-order valence-corrected chi connectivity index (χ0v) is 9.88. The maximum Gasteiger partial charge on any atom is 0.137 e. The van der Waals surface area contributed by atoms with E-state index in [1.807, 2.05) is 30.3 Å². The summed E-state index contributed by atoms with van der Waals surface area (Å²) in [4.78, 5) is 0. The van der Waals surface area contributed by atoms with Crippen LogP contribution in [0.2, 0.25) is 0 Å². The predicted molar refractivity (Wildman–Crippen MR) is 64.3 cm³/mol. The number of benzene rings is 1. The predicted octanol–water partition coefficient (Wildman–Crippen LogP) is 2.47. The summed E-state index contributed by atoms with van der Waals surface area (Å²) in [5.74, 6) is 1.59. The molecule has 0 amide bonds. The Morgan fingerprint density at radius 3 is 2.38 bits per heavy atom. The van der Waals surface area contributed by atoms with Crippen LogP contribution in [0.1, 0.15) is 13.3 Å². The molecule has 0 spiro atoms. The molecule has 0 atom stereocenters. The van der Waals surface area contributed by atoms with Crippen LogP contribution in [-0.4, -0.2) is 5.75 Å². The van der Waals surface area contributed by atoms with Crippen LogP contribution in [-0.2, 0) is 29.8 Å². The highest BCUT2D eigenvalue weighted by Crippen LogP contribution is 2.12. The van der Waals surface area contributed by atoms with Crippen molar-refractivity contribution in [3.63, 3.8) is 0 Å². The molecule has 0 fully saturated rings. The summed E-state index contributed by atoms with van der Waals surface area (Å²) >= 11 is 10.4. The van der Waals surface area contributed by atoms with E-state index in [1.54, 1.807) is 0 Å². The standard InChI is InChI=1S/C9H12OS3/c1-2-8-13(11,12)10-9-6-4-3-5-7-9/h3-7H,2,8H2,1H3. The minimum atomic E-state index is -1.72. The Labute approximate surface area is 89.1 Å². The molecule has 0 saturated heterocycles. The van der Waals surface area contributed by atoms with Gasteiger partial charge in [-0.1, -0.05) is 25.1 Å². The largest absolute Gasteiger partial charge is 0.422 e. The molecular weight excluding hydrogens is 220 g/mol. The summed E-state index contributed by atoms with van der Waals surface area (Å²) < 4.78 is 5.56. The fourth-order valence-corrected chi connectivity index (χ4v) is 3.37. The summed E-state index contributed by atoms with van der Waals surface area (Å²) in [6, 6.07) is 9.55. The molecule has 72 valence electrons. The Hall–Kier alpha value is -0.190. The summed E-state index contributed by atoms with van der Waals surface area (Å²) in [6.45, 7) is 2.06. The van der Waals surface area contributed by atoms with Gasteiger partial charge in [0.25, 0.3) is 0 Å². The summed E-state index contributed by atoms with van der Waals surface area (Å²) in [6.07, 6.45) is 0.981. The lowest BCUT2D eigenvalue weighted by Gasteiger charge is -2.10. The van der Waals surface area contributed by atoms with Crippen molar-refractivity contribution < 1.29 is 4.18 Å². The van der Waals surface area contributed by atoms with Crippen LogP contribution in [0.5, 0.6) is 5.75 Å². The summed E-state index contributed by atoms with van der Waals surface area (Å²) in [5.41, 5.74) is 0. The molecule has 0 saturated carbocycles. The fraction of sp³-hybridized carbons (Fsp3) is 0.333. The molecule has 0 aromatic heterocycles. The van der Waals surface area contributed by atoms with Crippen molar-refractivity contribution in [3.8, 4) is 5.75 Å². The van der Waals surface area contributed by atoms with Crippen LogP contribution in [0, 0.1) is 0 Å². The van der Waals surface area contributed by atoms with Crippen molar-refractivity contribution in [1.29, 1.82) is 0 Å².